The number of aromatic nitrogens is 4. The van der Waals surface area contributed by atoms with Gasteiger partial charge in [0.05, 0.1) is 0 Å². The Morgan fingerprint density at radius 3 is 2.29 bits per heavy atom. The molecule has 10 heteroatoms. The highest BCUT2D eigenvalue weighted by Gasteiger charge is 2.38. The van der Waals surface area contributed by atoms with Gasteiger partial charge in [-0.3, -0.25) is 4.79 Å². The molecular weight excluding hydrogens is 373 g/mol. The molecule has 0 aromatic carbocycles. The normalized spacial score (nSPS) is 19.8. The van der Waals surface area contributed by atoms with Crippen molar-refractivity contribution in [3.8, 4) is 0 Å². The second-order valence-corrected chi connectivity index (χ2v) is 7.48. The third-order valence-corrected chi connectivity index (χ3v) is 5.59. The van der Waals surface area contributed by atoms with E-state index < -0.39 is 12.0 Å². The van der Waals surface area contributed by atoms with Gasteiger partial charge in [0, 0.05) is 32.1 Å². The van der Waals surface area contributed by atoms with Crippen LogP contribution in [0.15, 0.2) is 12.1 Å². The van der Waals surface area contributed by atoms with E-state index in [1.807, 2.05) is 9.80 Å². The second-order valence-electron chi connectivity index (χ2n) is 7.48. The molecule has 2 aliphatic rings. The molecule has 2 aromatic rings. The van der Waals surface area contributed by atoms with Crippen molar-refractivity contribution in [2.45, 2.75) is 44.7 Å². The summed E-state index contributed by atoms with van der Waals surface area (Å²) in [6.45, 7) is 2.86. The number of halogens is 3. The highest BCUT2D eigenvalue weighted by Crippen LogP contribution is 2.29. The molecule has 0 spiro atoms. The van der Waals surface area contributed by atoms with Crippen molar-refractivity contribution < 1.29 is 18.0 Å². The average molecular weight is 396 g/mol. The van der Waals surface area contributed by atoms with Gasteiger partial charge in [-0.2, -0.15) is 17.7 Å². The van der Waals surface area contributed by atoms with Gasteiger partial charge in [0.25, 0.3) is 5.82 Å². The largest absolute Gasteiger partial charge is 0.453 e. The summed E-state index contributed by atoms with van der Waals surface area (Å²) in [4.78, 5) is 16.7. The molecule has 2 saturated heterocycles. The van der Waals surface area contributed by atoms with Crippen LogP contribution in [0.1, 0.15) is 44.3 Å². The van der Waals surface area contributed by atoms with Gasteiger partial charge in [-0.1, -0.05) is 12.8 Å². The highest BCUT2D eigenvalue weighted by molar-refractivity contribution is 5.79. The molecule has 28 heavy (non-hydrogen) atoms. The van der Waals surface area contributed by atoms with Crippen LogP contribution in [-0.4, -0.2) is 56.8 Å². The summed E-state index contributed by atoms with van der Waals surface area (Å²) in [6.07, 6.45) is 1.24. The van der Waals surface area contributed by atoms with Crippen molar-refractivity contribution in [1.29, 1.82) is 0 Å². The van der Waals surface area contributed by atoms with Crippen LogP contribution in [0, 0.1) is 5.92 Å². The van der Waals surface area contributed by atoms with Crippen LogP contribution in [0.25, 0.3) is 5.65 Å². The molecule has 0 N–H and O–H groups in total. The molecule has 0 aliphatic carbocycles. The minimum absolute atomic E-state index is 0.0151. The molecule has 4 heterocycles. The van der Waals surface area contributed by atoms with E-state index in [1.165, 1.54) is 18.9 Å². The van der Waals surface area contributed by atoms with Gasteiger partial charge < -0.3 is 9.80 Å². The Bertz CT molecular complexity index is 835. The molecule has 0 unspecified atom stereocenters. The van der Waals surface area contributed by atoms with Crippen LogP contribution in [0.4, 0.5) is 19.0 Å². The zero-order chi connectivity index (χ0) is 19.7. The zero-order valence-corrected chi connectivity index (χ0v) is 15.5. The first-order valence-electron chi connectivity index (χ1n) is 9.77. The van der Waals surface area contributed by atoms with E-state index in [9.17, 15) is 18.0 Å². The fourth-order valence-corrected chi connectivity index (χ4v) is 4.03. The summed E-state index contributed by atoms with van der Waals surface area (Å²) < 4.78 is 39.9. The molecular formula is C18H23F3N6O. The number of alkyl halides is 3. The average Bonchev–Trinajstić information content (AvgIpc) is 2.93. The van der Waals surface area contributed by atoms with Gasteiger partial charge >= 0.3 is 6.18 Å². The number of likely N-dealkylation sites (tertiary alicyclic amines) is 1. The van der Waals surface area contributed by atoms with Crippen molar-refractivity contribution in [3.63, 3.8) is 0 Å². The predicted octanol–water partition coefficient (Wildman–Crippen LogP) is 2.76. The number of hydrogen-bond acceptors (Lipinski definition) is 5. The van der Waals surface area contributed by atoms with Crippen LogP contribution < -0.4 is 4.90 Å². The number of amides is 1. The minimum atomic E-state index is -4.61. The van der Waals surface area contributed by atoms with E-state index in [1.54, 1.807) is 6.07 Å². The Hall–Kier alpha value is -2.39. The number of rotatable bonds is 2. The van der Waals surface area contributed by atoms with E-state index in [0.717, 1.165) is 30.4 Å². The Kier molecular flexibility index (Phi) is 5.11. The van der Waals surface area contributed by atoms with Crippen molar-refractivity contribution in [2.24, 2.45) is 5.92 Å². The lowest BCUT2D eigenvalue weighted by molar-refractivity contribution is -0.146. The zero-order valence-electron chi connectivity index (χ0n) is 15.5. The van der Waals surface area contributed by atoms with Crippen molar-refractivity contribution in [3.05, 3.63) is 18.0 Å². The van der Waals surface area contributed by atoms with Crippen LogP contribution >= 0.6 is 0 Å². The number of fused-ring (bicyclic) bond motifs is 1. The summed E-state index contributed by atoms with van der Waals surface area (Å²) in [5, 5.41) is 10.8. The summed E-state index contributed by atoms with van der Waals surface area (Å²) in [5.74, 6) is -0.476. The molecule has 0 atom stereocenters. The number of carbonyl (C=O) groups excluding carboxylic acids is 1. The summed E-state index contributed by atoms with van der Waals surface area (Å²) >= 11 is 0. The number of anilines is 1. The molecule has 2 fully saturated rings. The number of carbonyl (C=O) groups is 1. The van der Waals surface area contributed by atoms with Crippen LogP contribution in [0.5, 0.6) is 0 Å². The number of nitrogens with zero attached hydrogens (tertiary/aromatic N) is 6. The Balaban J connectivity index is 1.44. The topological polar surface area (TPSA) is 66.6 Å². The maximum Gasteiger partial charge on any atom is 0.453 e. The third kappa shape index (κ3) is 3.77. The molecule has 1 amide bonds. The van der Waals surface area contributed by atoms with E-state index in [4.69, 9.17) is 0 Å². The molecule has 2 aliphatic heterocycles. The van der Waals surface area contributed by atoms with E-state index in [0.29, 0.717) is 31.7 Å². The molecule has 7 nitrogen and oxygen atoms in total. The van der Waals surface area contributed by atoms with Crippen molar-refractivity contribution >= 4 is 17.4 Å². The molecule has 2 aromatic heterocycles. The van der Waals surface area contributed by atoms with E-state index >= 15 is 0 Å². The van der Waals surface area contributed by atoms with Gasteiger partial charge in [0.1, 0.15) is 5.82 Å². The van der Waals surface area contributed by atoms with Crippen LogP contribution in [-0.2, 0) is 11.0 Å². The third-order valence-electron chi connectivity index (χ3n) is 5.59. The Morgan fingerprint density at radius 1 is 0.964 bits per heavy atom. The van der Waals surface area contributed by atoms with Gasteiger partial charge in [-0.25, -0.2) is 0 Å². The summed E-state index contributed by atoms with van der Waals surface area (Å²) in [6, 6.07) is 3.14. The van der Waals surface area contributed by atoms with Gasteiger partial charge in [-0.15, -0.1) is 15.3 Å². The lowest BCUT2D eigenvalue weighted by Gasteiger charge is -2.34. The second kappa shape index (κ2) is 7.56. The molecule has 0 bridgehead atoms. The molecule has 152 valence electrons. The number of piperidine rings is 1. The molecule has 0 saturated carbocycles. The fourth-order valence-electron chi connectivity index (χ4n) is 4.03. The first kappa shape index (κ1) is 18.9. The van der Waals surface area contributed by atoms with Gasteiger partial charge in [0.2, 0.25) is 5.91 Å². The molecule has 0 radical (unpaired) electrons. The summed E-state index contributed by atoms with van der Waals surface area (Å²) in [7, 11) is 0. The Labute approximate surface area is 160 Å². The lowest BCUT2D eigenvalue weighted by atomic mass is 9.95. The van der Waals surface area contributed by atoms with E-state index in [2.05, 4.69) is 15.3 Å². The quantitative estimate of drug-likeness (QED) is 0.781. The van der Waals surface area contributed by atoms with Gasteiger partial charge in [0.15, 0.2) is 5.65 Å². The standard InChI is InChI=1S/C18H23F3N6O/c19-18(20,21)17-23-22-14-5-6-15(24-27(14)17)25-11-7-13(8-12-25)16(28)26-9-3-1-2-4-10-26/h5-6,13H,1-4,7-12H2. The minimum Gasteiger partial charge on any atom is -0.355 e. The SMILES string of the molecule is O=C(C1CCN(c2ccc3nnc(C(F)(F)F)n3n2)CC1)N1CCCCCC1. The van der Waals surface area contributed by atoms with Crippen LogP contribution in [0.3, 0.4) is 0 Å². The maximum atomic E-state index is 13.1. The summed E-state index contributed by atoms with van der Waals surface area (Å²) in [5.41, 5.74) is 0.0577. The first-order chi connectivity index (χ1) is 13.4. The molecule has 4 rings (SSSR count). The Morgan fingerprint density at radius 2 is 1.64 bits per heavy atom. The monoisotopic (exact) mass is 396 g/mol. The van der Waals surface area contributed by atoms with Crippen molar-refractivity contribution in [2.75, 3.05) is 31.1 Å². The lowest BCUT2D eigenvalue weighted by Crippen LogP contribution is -2.43. The highest BCUT2D eigenvalue weighted by atomic mass is 19.4. The maximum absolute atomic E-state index is 13.1. The first-order valence-corrected chi connectivity index (χ1v) is 9.77. The van der Waals surface area contributed by atoms with Crippen molar-refractivity contribution in [1.82, 2.24) is 24.7 Å². The van der Waals surface area contributed by atoms with Gasteiger partial charge in [-0.05, 0) is 37.8 Å². The predicted molar refractivity (Wildman–Crippen MR) is 95.8 cm³/mol. The fraction of sp³-hybridized carbons (Fsp3) is 0.667. The van der Waals surface area contributed by atoms with E-state index in [-0.39, 0.29) is 17.5 Å². The smallest absolute Gasteiger partial charge is 0.355 e. The number of hydrogen-bond donors (Lipinski definition) is 0. The van der Waals surface area contributed by atoms with Crippen LogP contribution in [0.2, 0.25) is 0 Å².